The second-order valence-corrected chi connectivity index (χ2v) is 11.1. The maximum Gasteiger partial charge on any atom is 0.253 e. The van der Waals surface area contributed by atoms with Crippen molar-refractivity contribution in [2.45, 2.75) is 64.5 Å². The van der Waals surface area contributed by atoms with Crippen molar-refractivity contribution in [1.29, 1.82) is 0 Å². The standard InChI is InChI=1S/C26H31N3O3/c27-22-23(25(32)24(22)31)29-4-3-19-2-1-15(8-20(19)14-29)13-28-21(30)12-26-9-16-5-17(10-26)7-18(6-16)11-26/h1-2,8,16-18H,3-7,9-14,27H2,(H,28,30). The molecular weight excluding hydrogens is 402 g/mol. The number of hydrogen-bond donors (Lipinski definition) is 2. The SMILES string of the molecule is Nc1c(N2CCc3ccc(CNC(=O)CC45CC6CC(CC(C6)C4)C5)cc3C2)c(=O)c1=O. The molecule has 1 heterocycles. The number of anilines is 2. The van der Waals surface area contributed by atoms with Crippen LogP contribution in [0.2, 0.25) is 0 Å². The van der Waals surface area contributed by atoms with Crippen molar-refractivity contribution >= 4 is 17.3 Å². The lowest BCUT2D eigenvalue weighted by Crippen LogP contribution is -2.47. The topological polar surface area (TPSA) is 92.5 Å². The second kappa shape index (κ2) is 7.19. The van der Waals surface area contributed by atoms with Crippen LogP contribution in [0.3, 0.4) is 0 Å². The summed E-state index contributed by atoms with van der Waals surface area (Å²) in [7, 11) is 0. The van der Waals surface area contributed by atoms with Crippen molar-refractivity contribution in [1.82, 2.24) is 5.32 Å². The van der Waals surface area contributed by atoms with E-state index in [0.29, 0.717) is 31.7 Å². The van der Waals surface area contributed by atoms with E-state index in [2.05, 4.69) is 23.5 Å². The number of nitrogen functional groups attached to an aromatic ring is 1. The van der Waals surface area contributed by atoms with Gasteiger partial charge >= 0.3 is 0 Å². The third kappa shape index (κ3) is 3.26. The number of amides is 1. The van der Waals surface area contributed by atoms with Crippen molar-refractivity contribution in [3.63, 3.8) is 0 Å². The van der Waals surface area contributed by atoms with Gasteiger partial charge in [0.05, 0.1) is 0 Å². The first-order valence-electron chi connectivity index (χ1n) is 12.1. The van der Waals surface area contributed by atoms with Gasteiger partial charge in [0, 0.05) is 26.1 Å². The summed E-state index contributed by atoms with van der Waals surface area (Å²) in [6, 6.07) is 6.33. The molecule has 0 aromatic heterocycles. The average molecular weight is 434 g/mol. The smallest absolute Gasteiger partial charge is 0.253 e. The Hall–Kier alpha value is -2.63. The largest absolute Gasteiger partial charge is 0.394 e. The zero-order chi connectivity index (χ0) is 22.0. The Bertz CT molecular complexity index is 1120. The molecule has 0 spiro atoms. The fraction of sp³-hybridized carbons (Fsp3) is 0.577. The van der Waals surface area contributed by atoms with E-state index in [1.54, 1.807) is 0 Å². The molecule has 0 unspecified atom stereocenters. The average Bonchev–Trinajstić information content (AvgIpc) is 2.76. The molecule has 4 bridgehead atoms. The van der Waals surface area contributed by atoms with Crippen LogP contribution in [0.15, 0.2) is 27.8 Å². The number of benzene rings is 1. The van der Waals surface area contributed by atoms with E-state index in [0.717, 1.165) is 35.3 Å². The summed E-state index contributed by atoms with van der Waals surface area (Å²) in [5.74, 6) is 2.77. The highest BCUT2D eigenvalue weighted by Crippen LogP contribution is 2.61. The van der Waals surface area contributed by atoms with E-state index in [-0.39, 0.29) is 17.0 Å². The highest BCUT2D eigenvalue weighted by molar-refractivity contribution is 5.77. The number of nitrogens with zero attached hydrogens (tertiary/aromatic N) is 1. The number of nitrogens with one attached hydrogen (secondary N) is 1. The molecule has 4 saturated carbocycles. The van der Waals surface area contributed by atoms with Gasteiger partial charge in [0.25, 0.3) is 10.9 Å². The van der Waals surface area contributed by atoms with E-state index in [4.69, 9.17) is 5.73 Å². The highest BCUT2D eigenvalue weighted by atomic mass is 16.2. The molecule has 4 fully saturated rings. The predicted octanol–water partition coefficient (Wildman–Crippen LogP) is 2.65. The van der Waals surface area contributed by atoms with Gasteiger partial charge in [-0.25, -0.2) is 0 Å². The molecule has 1 amide bonds. The normalized spacial score (nSPS) is 30.5. The van der Waals surface area contributed by atoms with Gasteiger partial charge in [-0.1, -0.05) is 18.2 Å². The summed E-state index contributed by atoms with van der Waals surface area (Å²) in [5, 5.41) is 3.18. The highest BCUT2D eigenvalue weighted by Gasteiger charge is 2.51. The fourth-order valence-corrected chi connectivity index (χ4v) is 7.73. The van der Waals surface area contributed by atoms with Crippen LogP contribution < -0.4 is 26.8 Å². The molecule has 3 N–H and O–H groups in total. The number of carbonyl (C=O) groups is 1. The lowest BCUT2D eigenvalue weighted by molar-refractivity contribution is -0.129. The minimum absolute atomic E-state index is 0.0894. The van der Waals surface area contributed by atoms with Crippen LogP contribution in [-0.4, -0.2) is 12.5 Å². The summed E-state index contributed by atoms with van der Waals surface area (Å²) < 4.78 is 0. The number of nitrogens with two attached hydrogens (primary N) is 1. The first-order valence-corrected chi connectivity index (χ1v) is 12.1. The van der Waals surface area contributed by atoms with Gasteiger partial charge in [-0.05, 0) is 84.8 Å². The van der Waals surface area contributed by atoms with Crippen LogP contribution in [0.1, 0.15) is 61.6 Å². The lowest BCUT2D eigenvalue weighted by atomic mass is 9.49. The molecule has 4 aliphatic carbocycles. The summed E-state index contributed by atoms with van der Waals surface area (Å²) in [6.07, 6.45) is 9.44. The first-order chi connectivity index (χ1) is 15.4. The van der Waals surface area contributed by atoms with Crippen LogP contribution in [0, 0.1) is 23.2 Å². The van der Waals surface area contributed by atoms with Gasteiger partial charge in [0.15, 0.2) is 0 Å². The van der Waals surface area contributed by atoms with Crippen molar-refractivity contribution in [3.8, 4) is 0 Å². The van der Waals surface area contributed by atoms with Crippen LogP contribution in [0.5, 0.6) is 0 Å². The van der Waals surface area contributed by atoms with Gasteiger partial charge in [0.2, 0.25) is 5.91 Å². The summed E-state index contributed by atoms with van der Waals surface area (Å²) in [5.41, 5.74) is 8.90. The Balaban J connectivity index is 1.10. The Morgan fingerprint density at radius 2 is 1.72 bits per heavy atom. The van der Waals surface area contributed by atoms with E-state index < -0.39 is 10.9 Å². The molecule has 6 nitrogen and oxygen atoms in total. The van der Waals surface area contributed by atoms with Crippen LogP contribution in [0.4, 0.5) is 11.4 Å². The lowest BCUT2D eigenvalue weighted by Gasteiger charge is -2.56. The molecule has 6 heteroatoms. The van der Waals surface area contributed by atoms with Gasteiger partial charge in [-0.2, -0.15) is 0 Å². The third-order valence-electron chi connectivity index (χ3n) is 8.71. The maximum atomic E-state index is 12.9. The van der Waals surface area contributed by atoms with Crippen LogP contribution in [-0.2, 0) is 24.3 Å². The molecule has 32 heavy (non-hydrogen) atoms. The first kappa shape index (κ1) is 20.0. The zero-order valence-electron chi connectivity index (χ0n) is 18.5. The predicted molar refractivity (Wildman–Crippen MR) is 124 cm³/mol. The van der Waals surface area contributed by atoms with Gasteiger partial charge in [0.1, 0.15) is 11.4 Å². The van der Waals surface area contributed by atoms with E-state index in [1.165, 1.54) is 44.1 Å². The molecule has 7 rings (SSSR count). The quantitative estimate of drug-likeness (QED) is 0.708. The van der Waals surface area contributed by atoms with E-state index in [9.17, 15) is 14.4 Å². The van der Waals surface area contributed by atoms with Crippen molar-refractivity contribution in [2.75, 3.05) is 17.2 Å². The molecule has 168 valence electrons. The molecule has 0 saturated heterocycles. The molecule has 0 atom stereocenters. The van der Waals surface area contributed by atoms with E-state index in [1.807, 2.05) is 4.90 Å². The minimum atomic E-state index is -0.568. The van der Waals surface area contributed by atoms with Gasteiger partial charge in [-0.3, -0.25) is 14.4 Å². The molecule has 1 aliphatic heterocycles. The molecule has 5 aliphatic rings. The number of carbonyl (C=O) groups excluding carboxylic acids is 1. The summed E-state index contributed by atoms with van der Waals surface area (Å²) in [4.78, 5) is 38.2. The van der Waals surface area contributed by atoms with Crippen molar-refractivity contribution in [2.24, 2.45) is 23.2 Å². The molecule has 2 aromatic rings. The number of rotatable bonds is 5. The monoisotopic (exact) mass is 433 g/mol. The van der Waals surface area contributed by atoms with Crippen LogP contribution in [0.25, 0.3) is 0 Å². The van der Waals surface area contributed by atoms with Gasteiger partial charge in [-0.15, -0.1) is 0 Å². The Labute approximate surface area is 187 Å². The third-order valence-corrected chi connectivity index (χ3v) is 8.71. The Morgan fingerprint density at radius 1 is 1.03 bits per heavy atom. The van der Waals surface area contributed by atoms with Crippen LogP contribution >= 0.6 is 0 Å². The minimum Gasteiger partial charge on any atom is -0.394 e. The van der Waals surface area contributed by atoms with Gasteiger partial charge < -0.3 is 16.0 Å². The molecule has 2 aromatic carbocycles. The van der Waals surface area contributed by atoms with Crippen molar-refractivity contribution in [3.05, 3.63) is 55.3 Å². The number of hydrogen-bond acceptors (Lipinski definition) is 5. The second-order valence-electron chi connectivity index (χ2n) is 11.1. The summed E-state index contributed by atoms with van der Waals surface area (Å²) >= 11 is 0. The molecular formula is C26H31N3O3. The fourth-order valence-electron chi connectivity index (χ4n) is 7.73. The number of fused-ring (bicyclic) bond motifs is 1. The Kier molecular flexibility index (Phi) is 4.50. The zero-order valence-corrected chi connectivity index (χ0v) is 18.5. The van der Waals surface area contributed by atoms with Crippen molar-refractivity contribution < 1.29 is 4.79 Å². The Morgan fingerprint density at radius 3 is 2.38 bits per heavy atom. The summed E-state index contributed by atoms with van der Waals surface area (Å²) in [6.45, 7) is 1.78. The maximum absolute atomic E-state index is 12.9. The molecule has 0 radical (unpaired) electrons. The van der Waals surface area contributed by atoms with E-state index >= 15 is 0 Å².